The van der Waals surface area contributed by atoms with Crippen LogP contribution in [0.2, 0.25) is 0 Å². The molecular weight excluding hydrogens is 232 g/mol. The van der Waals surface area contributed by atoms with Crippen molar-refractivity contribution in [3.05, 3.63) is 36.5 Å². The molecule has 1 aromatic carbocycles. The van der Waals surface area contributed by atoms with Crippen LogP contribution in [0.1, 0.15) is 33.1 Å². The van der Waals surface area contributed by atoms with E-state index in [0.717, 1.165) is 17.4 Å². The van der Waals surface area contributed by atoms with Gasteiger partial charge in [-0.1, -0.05) is 32.8 Å². The summed E-state index contributed by atoms with van der Waals surface area (Å²) in [6, 6.07) is 11.1. The second kappa shape index (κ2) is 5.20. The average molecular weight is 254 g/mol. The molecule has 1 heterocycles. The van der Waals surface area contributed by atoms with Crippen molar-refractivity contribution < 1.29 is 0 Å². The van der Waals surface area contributed by atoms with Crippen LogP contribution in [0, 0.1) is 11.8 Å². The lowest BCUT2D eigenvalue weighted by atomic mass is 9.78. The first-order valence-corrected chi connectivity index (χ1v) is 7.36. The third-order valence-electron chi connectivity index (χ3n) is 4.69. The normalized spacial score (nSPS) is 27.4. The molecule has 0 spiro atoms. The largest absolute Gasteiger partial charge is 0.381 e. The lowest BCUT2D eigenvalue weighted by molar-refractivity contribution is 0.253. The summed E-state index contributed by atoms with van der Waals surface area (Å²) in [7, 11) is 0. The first kappa shape index (κ1) is 12.5. The Labute approximate surface area is 115 Å². The van der Waals surface area contributed by atoms with E-state index in [9.17, 15) is 0 Å². The monoisotopic (exact) mass is 254 g/mol. The van der Waals surface area contributed by atoms with Crippen LogP contribution < -0.4 is 5.32 Å². The molecule has 1 aromatic heterocycles. The molecule has 0 radical (unpaired) electrons. The summed E-state index contributed by atoms with van der Waals surface area (Å²) in [5.41, 5.74) is 2.31. The minimum Gasteiger partial charge on any atom is -0.381 e. The molecule has 3 unspecified atom stereocenters. The highest BCUT2D eigenvalue weighted by atomic mass is 14.9. The van der Waals surface area contributed by atoms with Gasteiger partial charge in [-0.25, -0.2) is 0 Å². The Kier molecular flexibility index (Phi) is 3.41. The van der Waals surface area contributed by atoms with Gasteiger partial charge in [-0.3, -0.25) is 4.98 Å². The fourth-order valence-corrected chi connectivity index (χ4v) is 3.21. The van der Waals surface area contributed by atoms with Crippen molar-refractivity contribution >= 4 is 16.6 Å². The standard InChI is InChI=1S/C17H22N2/c1-12-6-3-8-15(13(12)2)19-17-10-4-9-16-14(17)7-5-11-18-16/h4-5,7,9-13,15,19H,3,6,8H2,1-2H3. The van der Waals surface area contributed by atoms with Gasteiger partial charge in [0.2, 0.25) is 0 Å². The highest BCUT2D eigenvalue weighted by Crippen LogP contribution is 2.33. The molecule has 2 aromatic rings. The Hall–Kier alpha value is -1.57. The zero-order chi connectivity index (χ0) is 13.2. The maximum absolute atomic E-state index is 4.43. The van der Waals surface area contributed by atoms with Gasteiger partial charge in [-0.2, -0.15) is 0 Å². The number of nitrogens with zero attached hydrogens (tertiary/aromatic N) is 1. The maximum Gasteiger partial charge on any atom is 0.0722 e. The van der Waals surface area contributed by atoms with Crippen LogP contribution in [0.15, 0.2) is 36.5 Å². The van der Waals surface area contributed by atoms with Crippen molar-refractivity contribution in [2.24, 2.45) is 11.8 Å². The smallest absolute Gasteiger partial charge is 0.0722 e. The Bertz CT molecular complexity index is 559. The van der Waals surface area contributed by atoms with Crippen LogP contribution in [0.4, 0.5) is 5.69 Å². The Morgan fingerprint density at radius 3 is 2.89 bits per heavy atom. The van der Waals surface area contributed by atoms with Crippen LogP contribution in [-0.4, -0.2) is 11.0 Å². The molecular formula is C17H22N2. The summed E-state index contributed by atoms with van der Waals surface area (Å²) < 4.78 is 0. The lowest BCUT2D eigenvalue weighted by Crippen LogP contribution is -2.35. The van der Waals surface area contributed by atoms with Crippen molar-refractivity contribution in [3.63, 3.8) is 0 Å². The second-order valence-electron chi connectivity index (χ2n) is 5.89. The highest BCUT2D eigenvalue weighted by molar-refractivity contribution is 5.91. The molecule has 0 saturated heterocycles. The SMILES string of the molecule is CC1CCCC(Nc2cccc3ncccc23)C1C. The van der Waals surface area contributed by atoms with Crippen molar-refractivity contribution in [2.75, 3.05) is 5.32 Å². The summed E-state index contributed by atoms with van der Waals surface area (Å²) >= 11 is 0. The number of rotatable bonds is 2. The molecule has 1 aliphatic rings. The molecule has 0 amide bonds. The zero-order valence-corrected chi connectivity index (χ0v) is 11.8. The predicted molar refractivity (Wildman–Crippen MR) is 81.3 cm³/mol. The molecule has 1 saturated carbocycles. The molecule has 1 N–H and O–H groups in total. The molecule has 100 valence electrons. The van der Waals surface area contributed by atoms with Crippen molar-refractivity contribution in [1.29, 1.82) is 0 Å². The van der Waals surface area contributed by atoms with E-state index in [-0.39, 0.29) is 0 Å². The van der Waals surface area contributed by atoms with E-state index in [4.69, 9.17) is 0 Å². The number of pyridine rings is 1. The van der Waals surface area contributed by atoms with E-state index in [1.807, 2.05) is 12.3 Å². The number of anilines is 1. The number of nitrogens with one attached hydrogen (secondary N) is 1. The molecule has 0 bridgehead atoms. The molecule has 19 heavy (non-hydrogen) atoms. The summed E-state index contributed by atoms with van der Waals surface area (Å²) in [5.74, 6) is 1.56. The van der Waals surface area contributed by atoms with Gasteiger partial charge in [0.25, 0.3) is 0 Å². The predicted octanol–water partition coefficient (Wildman–Crippen LogP) is 4.47. The quantitative estimate of drug-likeness (QED) is 0.855. The number of hydrogen-bond acceptors (Lipinski definition) is 2. The van der Waals surface area contributed by atoms with E-state index in [1.165, 1.54) is 30.3 Å². The van der Waals surface area contributed by atoms with Crippen LogP contribution >= 0.6 is 0 Å². The van der Waals surface area contributed by atoms with Crippen molar-refractivity contribution in [2.45, 2.75) is 39.2 Å². The number of hydrogen-bond donors (Lipinski definition) is 1. The van der Waals surface area contributed by atoms with Gasteiger partial charge in [-0.05, 0) is 42.5 Å². The fraction of sp³-hybridized carbons (Fsp3) is 0.471. The van der Waals surface area contributed by atoms with Crippen LogP contribution in [0.5, 0.6) is 0 Å². The molecule has 2 heteroatoms. The Morgan fingerprint density at radius 2 is 2.00 bits per heavy atom. The van der Waals surface area contributed by atoms with Crippen molar-refractivity contribution in [1.82, 2.24) is 4.98 Å². The molecule has 1 aliphatic carbocycles. The summed E-state index contributed by atoms with van der Waals surface area (Å²) in [6.45, 7) is 4.76. The minimum absolute atomic E-state index is 0.592. The summed E-state index contributed by atoms with van der Waals surface area (Å²) in [5, 5.41) is 5.00. The molecule has 0 aliphatic heterocycles. The van der Waals surface area contributed by atoms with Gasteiger partial charge in [0.1, 0.15) is 0 Å². The van der Waals surface area contributed by atoms with Gasteiger partial charge >= 0.3 is 0 Å². The summed E-state index contributed by atoms with van der Waals surface area (Å²) in [4.78, 5) is 4.43. The first-order chi connectivity index (χ1) is 9.25. The van der Waals surface area contributed by atoms with E-state index in [1.54, 1.807) is 0 Å². The second-order valence-corrected chi connectivity index (χ2v) is 5.89. The van der Waals surface area contributed by atoms with Crippen LogP contribution in [0.25, 0.3) is 10.9 Å². The van der Waals surface area contributed by atoms with Gasteiger partial charge in [0.15, 0.2) is 0 Å². The number of fused-ring (bicyclic) bond motifs is 1. The fourth-order valence-electron chi connectivity index (χ4n) is 3.21. The number of aromatic nitrogens is 1. The number of benzene rings is 1. The van der Waals surface area contributed by atoms with Gasteiger partial charge in [0.05, 0.1) is 5.52 Å². The first-order valence-electron chi connectivity index (χ1n) is 7.36. The van der Waals surface area contributed by atoms with E-state index < -0.39 is 0 Å². The zero-order valence-electron chi connectivity index (χ0n) is 11.8. The molecule has 3 rings (SSSR count). The molecule has 1 fully saturated rings. The summed E-state index contributed by atoms with van der Waals surface area (Å²) in [6.07, 6.45) is 5.85. The lowest BCUT2D eigenvalue weighted by Gasteiger charge is -2.35. The van der Waals surface area contributed by atoms with E-state index in [0.29, 0.717) is 6.04 Å². The van der Waals surface area contributed by atoms with E-state index in [2.05, 4.69) is 48.4 Å². The van der Waals surface area contributed by atoms with Crippen LogP contribution in [0.3, 0.4) is 0 Å². The average Bonchev–Trinajstić information content (AvgIpc) is 2.44. The third kappa shape index (κ3) is 2.44. The third-order valence-corrected chi connectivity index (χ3v) is 4.69. The topological polar surface area (TPSA) is 24.9 Å². The minimum atomic E-state index is 0.592. The van der Waals surface area contributed by atoms with Crippen molar-refractivity contribution in [3.8, 4) is 0 Å². The maximum atomic E-state index is 4.43. The Morgan fingerprint density at radius 1 is 1.11 bits per heavy atom. The van der Waals surface area contributed by atoms with Gasteiger partial charge in [-0.15, -0.1) is 0 Å². The van der Waals surface area contributed by atoms with Crippen LogP contribution in [-0.2, 0) is 0 Å². The molecule has 3 atom stereocenters. The van der Waals surface area contributed by atoms with Gasteiger partial charge in [0, 0.05) is 23.3 Å². The van der Waals surface area contributed by atoms with Gasteiger partial charge < -0.3 is 5.32 Å². The Balaban J connectivity index is 1.89. The van der Waals surface area contributed by atoms with E-state index >= 15 is 0 Å². The molecule has 2 nitrogen and oxygen atoms in total. The highest BCUT2D eigenvalue weighted by Gasteiger charge is 2.27.